The SMILES string of the molecule is Cc1cc(O)c(C#N)c(S(=O)(=O)Cl)c1. The van der Waals surface area contributed by atoms with Crippen LogP contribution in [0.5, 0.6) is 5.75 Å². The van der Waals surface area contributed by atoms with Crippen molar-refractivity contribution < 1.29 is 13.5 Å². The lowest BCUT2D eigenvalue weighted by molar-refractivity contribution is 0.471. The molecule has 0 aromatic heterocycles. The molecule has 1 N–H and O–H groups in total. The molecule has 0 aliphatic heterocycles. The van der Waals surface area contributed by atoms with Crippen LogP contribution in [0.1, 0.15) is 11.1 Å². The number of hydrogen-bond donors (Lipinski definition) is 1. The van der Waals surface area contributed by atoms with Gasteiger partial charge in [0.1, 0.15) is 22.3 Å². The molecule has 6 heteroatoms. The smallest absolute Gasteiger partial charge is 0.262 e. The van der Waals surface area contributed by atoms with Crippen LogP contribution in [0.2, 0.25) is 0 Å². The molecule has 0 heterocycles. The van der Waals surface area contributed by atoms with E-state index in [1.165, 1.54) is 12.1 Å². The number of nitrogens with zero attached hydrogens (tertiary/aromatic N) is 1. The van der Waals surface area contributed by atoms with E-state index in [0.29, 0.717) is 5.56 Å². The third-order valence-corrected chi connectivity index (χ3v) is 2.95. The average Bonchev–Trinajstić information content (AvgIpc) is 2.01. The summed E-state index contributed by atoms with van der Waals surface area (Å²) in [5.41, 5.74) is 0.186. The van der Waals surface area contributed by atoms with Crippen molar-refractivity contribution in [3.63, 3.8) is 0 Å². The second-order valence-electron chi connectivity index (χ2n) is 2.71. The summed E-state index contributed by atoms with van der Waals surface area (Å²) in [4.78, 5) is -0.362. The van der Waals surface area contributed by atoms with E-state index in [-0.39, 0.29) is 16.2 Å². The molecule has 0 amide bonds. The summed E-state index contributed by atoms with van der Waals surface area (Å²) in [6.45, 7) is 1.59. The Labute approximate surface area is 85.8 Å². The van der Waals surface area contributed by atoms with Crippen LogP contribution in [-0.2, 0) is 9.05 Å². The first-order valence-corrected chi connectivity index (χ1v) is 5.85. The van der Waals surface area contributed by atoms with Gasteiger partial charge in [0.15, 0.2) is 0 Å². The highest BCUT2D eigenvalue weighted by atomic mass is 35.7. The first-order valence-electron chi connectivity index (χ1n) is 3.54. The molecular formula is C8H6ClNO3S. The molecule has 0 aliphatic rings. The zero-order valence-electron chi connectivity index (χ0n) is 7.15. The summed E-state index contributed by atoms with van der Waals surface area (Å²) in [6, 6.07) is 4.12. The van der Waals surface area contributed by atoms with Gasteiger partial charge in [0.25, 0.3) is 9.05 Å². The van der Waals surface area contributed by atoms with Gasteiger partial charge in [-0.2, -0.15) is 5.26 Å². The van der Waals surface area contributed by atoms with E-state index >= 15 is 0 Å². The quantitative estimate of drug-likeness (QED) is 0.743. The molecule has 0 unspecified atom stereocenters. The van der Waals surface area contributed by atoms with Gasteiger partial charge in [0.2, 0.25) is 0 Å². The summed E-state index contributed by atoms with van der Waals surface area (Å²) >= 11 is 0. The summed E-state index contributed by atoms with van der Waals surface area (Å²) in [6.07, 6.45) is 0. The van der Waals surface area contributed by atoms with Crippen LogP contribution in [0.15, 0.2) is 17.0 Å². The minimum Gasteiger partial charge on any atom is -0.507 e. The molecule has 0 spiro atoms. The Morgan fingerprint density at radius 3 is 2.50 bits per heavy atom. The largest absolute Gasteiger partial charge is 0.507 e. The lowest BCUT2D eigenvalue weighted by atomic mass is 10.1. The van der Waals surface area contributed by atoms with E-state index in [2.05, 4.69) is 0 Å². The molecule has 0 fully saturated rings. The Morgan fingerprint density at radius 2 is 2.07 bits per heavy atom. The minimum atomic E-state index is -4.00. The van der Waals surface area contributed by atoms with E-state index in [0.717, 1.165) is 0 Å². The number of nitriles is 1. The second kappa shape index (κ2) is 3.48. The van der Waals surface area contributed by atoms with Crippen LogP contribution in [0.4, 0.5) is 0 Å². The van der Waals surface area contributed by atoms with Gasteiger partial charge in [-0.15, -0.1) is 0 Å². The lowest BCUT2D eigenvalue weighted by Crippen LogP contribution is -1.96. The molecule has 0 aliphatic carbocycles. The fourth-order valence-corrected chi connectivity index (χ4v) is 2.13. The Morgan fingerprint density at radius 1 is 1.50 bits per heavy atom. The van der Waals surface area contributed by atoms with Crippen molar-refractivity contribution in [2.24, 2.45) is 0 Å². The second-order valence-corrected chi connectivity index (χ2v) is 5.24. The molecule has 1 aromatic carbocycles. The molecule has 14 heavy (non-hydrogen) atoms. The number of aromatic hydroxyl groups is 1. The highest BCUT2D eigenvalue weighted by Gasteiger charge is 2.19. The highest BCUT2D eigenvalue weighted by molar-refractivity contribution is 8.13. The van der Waals surface area contributed by atoms with Crippen molar-refractivity contribution in [1.82, 2.24) is 0 Å². The van der Waals surface area contributed by atoms with Crippen molar-refractivity contribution in [2.45, 2.75) is 11.8 Å². The molecule has 0 radical (unpaired) electrons. The van der Waals surface area contributed by atoms with Crippen LogP contribution in [0.25, 0.3) is 0 Å². The number of aryl methyl sites for hydroxylation is 1. The number of phenolic OH excluding ortho intramolecular Hbond substituents is 1. The standard InChI is InChI=1S/C8H6ClNO3S/c1-5-2-7(11)6(4-10)8(3-5)14(9,12)13/h2-3,11H,1H3. The lowest BCUT2D eigenvalue weighted by Gasteiger charge is -2.03. The molecule has 1 aromatic rings. The number of benzene rings is 1. The number of rotatable bonds is 1. The molecule has 1 rings (SSSR count). The van der Waals surface area contributed by atoms with E-state index in [1.54, 1.807) is 13.0 Å². The van der Waals surface area contributed by atoms with E-state index in [1.807, 2.05) is 0 Å². The first kappa shape index (κ1) is 10.8. The van der Waals surface area contributed by atoms with Gasteiger partial charge in [-0.1, -0.05) is 0 Å². The summed E-state index contributed by atoms with van der Waals surface area (Å²) in [7, 11) is 1.10. The fourth-order valence-electron chi connectivity index (χ4n) is 1.04. The van der Waals surface area contributed by atoms with Gasteiger partial charge >= 0.3 is 0 Å². The number of hydrogen-bond acceptors (Lipinski definition) is 4. The fraction of sp³-hybridized carbons (Fsp3) is 0.125. The number of phenols is 1. The van der Waals surface area contributed by atoms with Gasteiger partial charge in [-0.05, 0) is 24.6 Å². The third kappa shape index (κ3) is 1.97. The van der Waals surface area contributed by atoms with Gasteiger partial charge in [-0.3, -0.25) is 0 Å². The van der Waals surface area contributed by atoms with E-state index < -0.39 is 9.05 Å². The molecule has 0 saturated heterocycles. The summed E-state index contributed by atoms with van der Waals surface area (Å²) in [5.74, 6) is -0.383. The molecule has 0 saturated carbocycles. The normalized spacial score (nSPS) is 10.9. The molecule has 0 atom stereocenters. The molecule has 74 valence electrons. The van der Waals surface area contributed by atoms with E-state index in [4.69, 9.17) is 15.9 Å². The maximum atomic E-state index is 11.0. The summed E-state index contributed by atoms with van der Waals surface area (Å²) in [5, 5.41) is 17.9. The predicted octanol–water partition coefficient (Wildman–Crippen LogP) is 1.50. The minimum absolute atomic E-state index is 0.328. The Hall–Kier alpha value is -1.25. The molecule has 0 bridgehead atoms. The Kier molecular flexibility index (Phi) is 2.69. The Bertz CT molecular complexity index is 516. The molecular weight excluding hydrogens is 226 g/mol. The van der Waals surface area contributed by atoms with Crippen LogP contribution < -0.4 is 0 Å². The van der Waals surface area contributed by atoms with Gasteiger partial charge in [0, 0.05) is 10.7 Å². The van der Waals surface area contributed by atoms with Crippen molar-refractivity contribution >= 4 is 19.7 Å². The van der Waals surface area contributed by atoms with E-state index in [9.17, 15) is 13.5 Å². The zero-order chi connectivity index (χ0) is 10.9. The van der Waals surface area contributed by atoms with Crippen LogP contribution in [0, 0.1) is 18.3 Å². The van der Waals surface area contributed by atoms with Gasteiger partial charge in [-0.25, -0.2) is 8.42 Å². The Balaban J connectivity index is 3.68. The monoisotopic (exact) mass is 231 g/mol. The predicted molar refractivity (Wildman–Crippen MR) is 50.6 cm³/mol. The zero-order valence-corrected chi connectivity index (χ0v) is 8.72. The summed E-state index contributed by atoms with van der Waals surface area (Å²) < 4.78 is 22.0. The molecule has 4 nitrogen and oxygen atoms in total. The van der Waals surface area contributed by atoms with Crippen molar-refractivity contribution in [3.05, 3.63) is 23.3 Å². The third-order valence-electron chi connectivity index (χ3n) is 1.60. The topological polar surface area (TPSA) is 78.2 Å². The first-order chi connectivity index (χ1) is 6.36. The van der Waals surface area contributed by atoms with Crippen LogP contribution >= 0.6 is 10.7 Å². The van der Waals surface area contributed by atoms with Crippen molar-refractivity contribution in [3.8, 4) is 11.8 Å². The van der Waals surface area contributed by atoms with Crippen molar-refractivity contribution in [2.75, 3.05) is 0 Å². The van der Waals surface area contributed by atoms with Crippen LogP contribution in [0.3, 0.4) is 0 Å². The average molecular weight is 232 g/mol. The maximum absolute atomic E-state index is 11.0. The van der Waals surface area contributed by atoms with Crippen molar-refractivity contribution in [1.29, 1.82) is 5.26 Å². The maximum Gasteiger partial charge on any atom is 0.262 e. The van der Waals surface area contributed by atoms with Crippen LogP contribution in [-0.4, -0.2) is 13.5 Å². The van der Waals surface area contributed by atoms with Gasteiger partial charge < -0.3 is 5.11 Å². The highest BCUT2D eigenvalue weighted by Crippen LogP contribution is 2.28. The number of halogens is 1. The van der Waals surface area contributed by atoms with Gasteiger partial charge in [0.05, 0.1) is 0 Å².